The van der Waals surface area contributed by atoms with Crippen molar-refractivity contribution in [3.8, 4) is 0 Å². The van der Waals surface area contributed by atoms with E-state index in [-0.39, 0.29) is 11.8 Å². The van der Waals surface area contributed by atoms with Gasteiger partial charge in [-0.3, -0.25) is 4.57 Å². The van der Waals surface area contributed by atoms with Crippen molar-refractivity contribution < 1.29 is 4.42 Å². The second-order valence-corrected chi connectivity index (χ2v) is 4.77. The van der Waals surface area contributed by atoms with Crippen LogP contribution in [0.15, 0.2) is 33.5 Å². The van der Waals surface area contributed by atoms with Gasteiger partial charge in [-0.25, -0.2) is 4.79 Å². The molecule has 4 heteroatoms. The van der Waals surface area contributed by atoms with Crippen LogP contribution in [0.3, 0.4) is 0 Å². The number of hydrogen-bond acceptors (Lipinski definition) is 3. The third kappa shape index (κ3) is 1.78. The van der Waals surface area contributed by atoms with Gasteiger partial charge in [0.25, 0.3) is 0 Å². The second-order valence-electron chi connectivity index (χ2n) is 4.77. The lowest BCUT2D eigenvalue weighted by Gasteiger charge is -2.26. The Bertz CT molecular complexity index is 576. The van der Waals surface area contributed by atoms with Crippen LogP contribution in [-0.2, 0) is 0 Å². The molecule has 2 aromatic rings. The molecule has 0 saturated heterocycles. The van der Waals surface area contributed by atoms with Crippen molar-refractivity contribution in [2.24, 2.45) is 5.73 Å². The minimum Gasteiger partial charge on any atom is -0.408 e. The fourth-order valence-corrected chi connectivity index (χ4v) is 2.69. The van der Waals surface area contributed by atoms with E-state index in [1.54, 1.807) is 4.57 Å². The van der Waals surface area contributed by atoms with E-state index in [1.165, 1.54) is 0 Å². The Kier molecular flexibility index (Phi) is 2.52. The van der Waals surface area contributed by atoms with Gasteiger partial charge in [-0.1, -0.05) is 12.1 Å². The molecule has 1 fully saturated rings. The van der Waals surface area contributed by atoms with E-state index in [2.05, 4.69) is 0 Å². The Balaban J connectivity index is 2.05. The number of hydrogen-bond donors (Lipinski definition) is 1. The van der Waals surface area contributed by atoms with E-state index < -0.39 is 0 Å². The number of aromatic nitrogens is 1. The molecule has 0 bridgehead atoms. The number of nitrogens with two attached hydrogens (primary N) is 1. The van der Waals surface area contributed by atoms with Crippen LogP contribution in [-0.4, -0.2) is 10.6 Å². The van der Waals surface area contributed by atoms with Gasteiger partial charge in [0.2, 0.25) is 0 Å². The summed E-state index contributed by atoms with van der Waals surface area (Å²) in [6.45, 7) is 0. The Hall–Kier alpha value is -1.55. The van der Waals surface area contributed by atoms with Crippen molar-refractivity contribution in [2.45, 2.75) is 37.8 Å². The summed E-state index contributed by atoms with van der Waals surface area (Å²) in [5, 5.41) is 0. The summed E-state index contributed by atoms with van der Waals surface area (Å²) >= 11 is 0. The lowest BCUT2D eigenvalue weighted by atomic mass is 9.91. The first-order valence-electron chi connectivity index (χ1n) is 6.11. The molecule has 1 aromatic carbocycles. The molecule has 0 radical (unpaired) electrons. The Morgan fingerprint density at radius 3 is 2.65 bits per heavy atom. The lowest BCUT2D eigenvalue weighted by molar-refractivity contribution is 0.311. The van der Waals surface area contributed by atoms with Gasteiger partial charge in [0.1, 0.15) is 0 Å². The largest absolute Gasteiger partial charge is 0.420 e. The smallest absolute Gasteiger partial charge is 0.408 e. The average molecular weight is 232 g/mol. The summed E-state index contributed by atoms with van der Waals surface area (Å²) in [6.07, 6.45) is 3.89. The van der Waals surface area contributed by atoms with Crippen LogP contribution < -0.4 is 11.5 Å². The molecule has 90 valence electrons. The highest BCUT2D eigenvalue weighted by molar-refractivity contribution is 5.72. The number of fused-ring (bicyclic) bond motifs is 1. The van der Waals surface area contributed by atoms with Crippen LogP contribution in [0.4, 0.5) is 0 Å². The predicted molar refractivity (Wildman–Crippen MR) is 66.0 cm³/mol. The normalized spacial score (nSPS) is 25.2. The average Bonchev–Trinajstić information content (AvgIpc) is 2.66. The van der Waals surface area contributed by atoms with Crippen LogP contribution in [0, 0.1) is 0 Å². The molecule has 0 aliphatic heterocycles. The maximum absolute atomic E-state index is 11.9. The SMILES string of the molecule is N[C@H]1CC[C@@H](n2c(=O)oc3ccccc32)CC1. The molecular formula is C13H16N2O2. The van der Waals surface area contributed by atoms with E-state index in [9.17, 15) is 4.79 Å². The molecule has 2 N–H and O–H groups in total. The topological polar surface area (TPSA) is 61.2 Å². The number of nitrogens with zero attached hydrogens (tertiary/aromatic N) is 1. The molecule has 1 aliphatic rings. The van der Waals surface area contributed by atoms with Crippen LogP contribution in [0.1, 0.15) is 31.7 Å². The summed E-state index contributed by atoms with van der Waals surface area (Å²) in [5.41, 5.74) is 7.46. The molecule has 1 aliphatic carbocycles. The molecule has 0 atom stereocenters. The van der Waals surface area contributed by atoms with E-state index in [4.69, 9.17) is 10.2 Å². The minimum atomic E-state index is -0.244. The third-order valence-electron chi connectivity index (χ3n) is 3.63. The molecular weight excluding hydrogens is 216 g/mol. The highest BCUT2D eigenvalue weighted by Crippen LogP contribution is 2.29. The summed E-state index contributed by atoms with van der Waals surface area (Å²) < 4.78 is 7.05. The van der Waals surface area contributed by atoms with Crippen LogP contribution >= 0.6 is 0 Å². The van der Waals surface area contributed by atoms with Crippen molar-refractivity contribution in [1.82, 2.24) is 4.57 Å². The summed E-state index contributed by atoms with van der Waals surface area (Å²) in [5.74, 6) is -0.244. The van der Waals surface area contributed by atoms with Gasteiger partial charge in [0.15, 0.2) is 5.58 Å². The lowest BCUT2D eigenvalue weighted by Crippen LogP contribution is -2.30. The van der Waals surface area contributed by atoms with Gasteiger partial charge in [-0.2, -0.15) is 0 Å². The fourth-order valence-electron chi connectivity index (χ4n) is 2.69. The first kappa shape index (κ1) is 10.6. The number of rotatable bonds is 1. The van der Waals surface area contributed by atoms with E-state index in [0.29, 0.717) is 11.6 Å². The standard InChI is InChI=1S/C13H16N2O2/c14-9-5-7-10(8-6-9)15-11-3-1-2-4-12(11)17-13(15)16/h1-4,9-10H,5-8,14H2/t9-,10+. The Labute approximate surface area is 99.0 Å². The van der Waals surface area contributed by atoms with Crippen molar-refractivity contribution >= 4 is 11.1 Å². The number of oxazole rings is 1. The third-order valence-corrected chi connectivity index (χ3v) is 3.63. The number of para-hydroxylation sites is 2. The molecule has 17 heavy (non-hydrogen) atoms. The van der Waals surface area contributed by atoms with Gasteiger partial charge in [0, 0.05) is 12.1 Å². The zero-order valence-electron chi connectivity index (χ0n) is 9.63. The van der Waals surface area contributed by atoms with Crippen molar-refractivity contribution in [2.75, 3.05) is 0 Å². The maximum atomic E-state index is 11.9. The second kappa shape index (κ2) is 4.04. The fraction of sp³-hybridized carbons (Fsp3) is 0.462. The molecule has 1 heterocycles. The van der Waals surface area contributed by atoms with Crippen LogP contribution in [0.5, 0.6) is 0 Å². The molecule has 1 saturated carbocycles. The van der Waals surface area contributed by atoms with Crippen molar-refractivity contribution in [3.05, 3.63) is 34.8 Å². The minimum absolute atomic E-state index is 0.242. The highest BCUT2D eigenvalue weighted by Gasteiger charge is 2.23. The number of benzene rings is 1. The zero-order valence-corrected chi connectivity index (χ0v) is 9.63. The molecule has 0 unspecified atom stereocenters. The Morgan fingerprint density at radius 2 is 1.88 bits per heavy atom. The molecule has 0 amide bonds. The monoisotopic (exact) mass is 232 g/mol. The quantitative estimate of drug-likeness (QED) is 0.818. The van der Waals surface area contributed by atoms with Crippen LogP contribution in [0.2, 0.25) is 0 Å². The summed E-state index contributed by atoms with van der Waals surface area (Å²) in [7, 11) is 0. The first-order chi connectivity index (χ1) is 8.25. The predicted octanol–water partition coefficient (Wildman–Crippen LogP) is 2.04. The van der Waals surface area contributed by atoms with Crippen molar-refractivity contribution in [3.63, 3.8) is 0 Å². The van der Waals surface area contributed by atoms with Gasteiger partial charge in [-0.05, 0) is 37.8 Å². The first-order valence-corrected chi connectivity index (χ1v) is 6.11. The van der Waals surface area contributed by atoms with Gasteiger partial charge in [0.05, 0.1) is 5.52 Å². The van der Waals surface area contributed by atoms with Gasteiger partial charge < -0.3 is 10.2 Å². The summed E-state index contributed by atoms with van der Waals surface area (Å²) in [4.78, 5) is 11.9. The zero-order chi connectivity index (χ0) is 11.8. The summed E-state index contributed by atoms with van der Waals surface area (Å²) in [6, 6.07) is 8.12. The van der Waals surface area contributed by atoms with Crippen molar-refractivity contribution in [1.29, 1.82) is 0 Å². The van der Waals surface area contributed by atoms with E-state index >= 15 is 0 Å². The van der Waals surface area contributed by atoms with E-state index in [1.807, 2.05) is 24.3 Å². The molecule has 4 nitrogen and oxygen atoms in total. The van der Waals surface area contributed by atoms with Gasteiger partial charge >= 0.3 is 5.76 Å². The van der Waals surface area contributed by atoms with Gasteiger partial charge in [-0.15, -0.1) is 0 Å². The van der Waals surface area contributed by atoms with E-state index in [0.717, 1.165) is 31.2 Å². The molecule has 1 aromatic heterocycles. The Morgan fingerprint density at radius 1 is 1.18 bits per heavy atom. The van der Waals surface area contributed by atoms with Crippen LogP contribution in [0.25, 0.3) is 11.1 Å². The molecule has 3 rings (SSSR count). The highest BCUT2D eigenvalue weighted by atomic mass is 16.4. The molecule has 0 spiro atoms. The maximum Gasteiger partial charge on any atom is 0.420 e.